The van der Waals surface area contributed by atoms with Crippen LogP contribution in [0.3, 0.4) is 0 Å². The number of nitriles is 1. The van der Waals surface area contributed by atoms with Crippen molar-refractivity contribution >= 4 is 22.8 Å². The Morgan fingerprint density at radius 3 is 2.50 bits per heavy atom. The summed E-state index contributed by atoms with van der Waals surface area (Å²) in [6, 6.07) is 17.2. The molecule has 0 saturated heterocycles. The summed E-state index contributed by atoms with van der Waals surface area (Å²) in [7, 11) is 1.65. The minimum absolute atomic E-state index is 0.000778. The van der Waals surface area contributed by atoms with Crippen LogP contribution >= 0.6 is 0 Å². The summed E-state index contributed by atoms with van der Waals surface area (Å²) >= 11 is 0. The lowest BCUT2D eigenvalue weighted by Gasteiger charge is -2.23. The van der Waals surface area contributed by atoms with Gasteiger partial charge in [-0.2, -0.15) is 5.26 Å². The van der Waals surface area contributed by atoms with Gasteiger partial charge in [0.2, 0.25) is 5.91 Å². The zero-order chi connectivity index (χ0) is 20.1. The molecular weight excluding hydrogens is 350 g/mol. The molecule has 0 aliphatic rings. The van der Waals surface area contributed by atoms with E-state index in [0.717, 1.165) is 16.6 Å². The van der Waals surface area contributed by atoms with Crippen LogP contribution in [-0.2, 0) is 4.79 Å². The number of aromatic nitrogens is 2. The highest BCUT2D eigenvalue weighted by Crippen LogP contribution is 2.28. The summed E-state index contributed by atoms with van der Waals surface area (Å²) < 4.78 is 0. The zero-order valence-corrected chi connectivity index (χ0v) is 16.3. The molecule has 142 valence electrons. The summed E-state index contributed by atoms with van der Waals surface area (Å²) in [4.78, 5) is 21.5. The highest BCUT2D eigenvalue weighted by atomic mass is 16.2. The second-order valence-corrected chi connectivity index (χ2v) is 7.24. The molecule has 1 heterocycles. The smallest absolute Gasteiger partial charge is 0.225 e. The Balaban J connectivity index is 1.96. The average Bonchev–Trinajstić information content (AvgIpc) is 2.72. The number of amides is 1. The SMILES string of the molecule is CNC(=O)C(C)(C)CCNc1nc2ccccc2nc1-c1cccc(C#N)c1. The first-order chi connectivity index (χ1) is 13.4. The molecule has 0 unspecified atom stereocenters. The van der Waals surface area contributed by atoms with Gasteiger partial charge in [-0.25, -0.2) is 9.97 Å². The molecule has 0 fully saturated rings. The Morgan fingerprint density at radius 1 is 1.11 bits per heavy atom. The zero-order valence-electron chi connectivity index (χ0n) is 16.3. The van der Waals surface area contributed by atoms with E-state index in [4.69, 9.17) is 9.97 Å². The van der Waals surface area contributed by atoms with Crippen LogP contribution in [0.5, 0.6) is 0 Å². The maximum Gasteiger partial charge on any atom is 0.225 e. The van der Waals surface area contributed by atoms with E-state index in [-0.39, 0.29) is 5.91 Å². The van der Waals surface area contributed by atoms with Crippen molar-refractivity contribution in [3.8, 4) is 17.3 Å². The number of benzene rings is 2. The number of hydrogen-bond acceptors (Lipinski definition) is 5. The Labute approximate surface area is 164 Å². The second-order valence-electron chi connectivity index (χ2n) is 7.24. The van der Waals surface area contributed by atoms with Crippen LogP contribution in [-0.4, -0.2) is 29.5 Å². The number of rotatable bonds is 6. The van der Waals surface area contributed by atoms with Gasteiger partial charge in [0.15, 0.2) is 5.82 Å². The molecule has 3 aromatic rings. The van der Waals surface area contributed by atoms with E-state index in [1.807, 2.05) is 50.2 Å². The van der Waals surface area contributed by atoms with Gasteiger partial charge >= 0.3 is 0 Å². The van der Waals surface area contributed by atoms with Crippen molar-refractivity contribution in [3.63, 3.8) is 0 Å². The molecule has 0 bridgehead atoms. The molecule has 0 radical (unpaired) electrons. The highest BCUT2D eigenvalue weighted by molar-refractivity contribution is 5.84. The number of para-hydroxylation sites is 2. The van der Waals surface area contributed by atoms with E-state index in [9.17, 15) is 10.1 Å². The van der Waals surface area contributed by atoms with E-state index < -0.39 is 5.41 Å². The molecule has 6 nitrogen and oxygen atoms in total. The standard InChI is InChI=1S/C22H23N5O/c1-22(2,21(28)24-3)11-12-25-20-19(16-8-6-7-15(13-16)14-23)26-17-9-4-5-10-18(17)27-20/h4-10,13H,11-12H2,1-3H3,(H,24,28)(H,25,27). The van der Waals surface area contributed by atoms with Crippen LogP contribution in [0.25, 0.3) is 22.3 Å². The average molecular weight is 373 g/mol. The summed E-state index contributed by atoms with van der Waals surface area (Å²) in [5, 5.41) is 15.3. The van der Waals surface area contributed by atoms with E-state index in [2.05, 4.69) is 16.7 Å². The molecule has 0 saturated carbocycles. The molecule has 0 atom stereocenters. The first-order valence-electron chi connectivity index (χ1n) is 9.18. The van der Waals surface area contributed by atoms with Crippen molar-refractivity contribution in [2.45, 2.75) is 20.3 Å². The predicted molar refractivity (Wildman–Crippen MR) is 111 cm³/mol. The van der Waals surface area contributed by atoms with Crippen LogP contribution in [0.15, 0.2) is 48.5 Å². The van der Waals surface area contributed by atoms with Gasteiger partial charge in [-0.1, -0.05) is 38.1 Å². The molecule has 28 heavy (non-hydrogen) atoms. The Hall–Kier alpha value is -3.46. The van der Waals surface area contributed by atoms with Crippen molar-refractivity contribution in [2.75, 3.05) is 18.9 Å². The first-order valence-corrected chi connectivity index (χ1v) is 9.18. The van der Waals surface area contributed by atoms with Gasteiger partial charge in [0.1, 0.15) is 5.69 Å². The van der Waals surface area contributed by atoms with Gasteiger partial charge in [-0.15, -0.1) is 0 Å². The van der Waals surface area contributed by atoms with Crippen molar-refractivity contribution in [2.24, 2.45) is 5.41 Å². The fourth-order valence-electron chi connectivity index (χ4n) is 3.01. The van der Waals surface area contributed by atoms with Gasteiger partial charge in [0, 0.05) is 24.6 Å². The molecule has 3 rings (SSSR count). The van der Waals surface area contributed by atoms with Gasteiger partial charge in [-0.3, -0.25) is 4.79 Å². The van der Waals surface area contributed by atoms with Crippen molar-refractivity contribution in [3.05, 3.63) is 54.1 Å². The Morgan fingerprint density at radius 2 is 1.82 bits per heavy atom. The summed E-state index contributed by atoms with van der Waals surface area (Å²) in [6.07, 6.45) is 0.638. The Bertz CT molecular complexity index is 1050. The fraction of sp³-hybridized carbons (Fsp3) is 0.273. The van der Waals surface area contributed by atoms with Crippen LogP contribution in [0.4, 0.5) is 5.82 Å². The van der Waals surface area contributed by atoms with Gasteiger partial charge in [0.25, 0.3) is 0 Å². The van der Waals surface area contributed by atoms with Crippen LogP contribution in [0.2, 0.25) is 0 Å². The summed E-state index contributed by atoms with van der Waals surface area (Å²) in [5.41, 5.74) is 3.16. The lowest BCUT2D eigenvalue weighted by atomic mass is 9.88. The Kier molecular flexibility index (Phi) is 5.55. The van der Waals surface area contributed by atoms with Crippen LogP contribution in [0, 0.1) is 16.7 Å². The maximum absolute atomic E-state index is 12.0. The third-order valence-electron chi connectivity index (χ3n) is 4.72. The molecule has 2 N–H and O–H groups in total. The number of fused-ring (bicyclic) bond motifs is 1. The number of carbonyl (C=O) groups is 1. The van der Waals surface area contributed by atoms with Gasteiger partial charge < -0.3 is 10.6 Å². The van der Waals surface area contributed by atoms with Crippen LogP contribution in [0.1, 0.15) is 25.8 Å². The fourth-order valence-corrected chi connectivity index (χ4v) is 3.01. The number of nitrogens with zero attached hydrogens (tertiary/aromatic N) is 3. The molecule has 0 spiro atoms. The van der Waals surface area contributed by atoms with Gasteiger partial charge in [0.05, 0.1) is 22.7 Å². The second kappa shape index (κ2) is 8.05. The van der Waals surface area contributed by atoms with E-state index in [1.54, 1.807) is 19.2 Å². The number of anilines is 1. The number of hydrogen-bond donors (Lipinski definition) is 2. The molecule has 1 amide bonds. The molecule has 6 heteroatoms. The summed E-state index contributed by atoms with van der Waals surface area (Å²) in [5.74, 6) is 0.641. The maximum atomic E-state index is 12.0. The monoisotopic (exact) mass is 373 g/mol. The van der Waals surface area contributed by atoms with Crippen LogP contribution < -0.4 is 10.6 Å². The largest absolute Gasteiger partial charge is 0.368 e. The lowest BCUT2D eigenvalue weighted by Crippen LogP contribution is -2.35. The number of nitrogens with one attached hydrogen (secondary N) is 2. The van der Waals surface area contributed by atoms with E-state index >= 15 is 0 Å². The normalized spacial score (nSPS) is 11.1. The van der Waals surface area contributed by atoms with E-state index in [1.165, 1.54) is 0 Å². The molecule has 0 aliphatic heterocycles. The molecule has 0 aliphatic carbocycles. The number of carbonyl (C=O) groups excluding carboxylic acids is 1. The third-order valence-corrected chi connectivity index (χ3v) is 4.72. The van der Waals surface area contributed by atoms with Crippen molar-refractivity contribution in [1.82, 2.24) is 15.3 Å². The topological polar surface area (TPSA) is 90.7 Å². The summed E-state index contributed by atoms with van der Waals surface area (Å²) in [6.45, 7) is 4.39. The minimum Gasteiger partial charge on any atom is -0.368 e. The third kappa shape index (κ3) is 4.09. The van der Waals surface area contributed by atoms with Gasteiger partial charge in [-0.05, 0) is 30.7 Å². The first kappa shape index (κ1) is 19.3. The minimum atomic E-state index is -0.493. The molecular formula is C22H23N5O. The predicted octanol–water partition coefficient (Wildman–Crippen LogP) is 3.74. The van der Waals surface area contributed by atoms with Crippen molar-refractivity contribution < 1.29 is 4.79 Å². The quantitative estimate of drug-likeness (QED) is 0.687. The van der Waals surface area contributed by atoms with E-state index in [0.29, 0.717) is 30.0 Å². The molecule has 1 aromatic heterocycles. The van der Waals surface area contributed by atoms with Crippen molar-refractivity contribution in [1.29, 1.82) is 5.26 Å². The molecule has 2 aromatic carbocycles. The highest BCUT2D eigenvalue weighted by Gasteiger charge is 2.26. The lowest BCUT2D eigenvalue weighted by molar-refractivity contribution is -0.129.